The van der Waals surface area contributed by atoms with Crippen LogP contribution >= 0.6 is 0 Å². The van der Waals surface area contributed by atoms with Crippen LogP contribution in [-0.2, 0) is 26.2 Å². The average Bonchev–Trinajstić information content (AvgIpc) is 2.78. The maximum absolute atomic E-state index is 13.0. The van der Waals surface area contributed by atoms with Crippen molar-refractivity contribution in [1.29, 1.82) is 0 Å². The van der Waals surface area contributed by atoms with Gasteiger partial charge in [-0.3, -0.25) is 15.0 Å². The Kier molecular flexibility index (Phi) is 7.77. The standard InChI is InChI=1S/C22H29N3O5S/c1-17-5-6-19(12-18(17)2)14-30-21-7-10-24(11-8-21)31(28,29)15-22(25(27)16-26)20-4-3-9-23-13-20/h3-6,9,12-13,16,21-22,27H,7-8,10-11,14-15H2,1-2H3. The van der Waals surface area contributed by atoms with Crippen LogP contribution in [0.4, 0.5) is 0 Å². The van der Waals surface area contributed by atoms with E-state index in [2.05, 4.69) is 31.0 Å². The van der Waals surface area contributed by atoms with Gasteiger partial charge >= 0.3 is 0 Å². The summed E-state index contributed by atoms with van der Waals surface area (Å²) in [6, 6.07) is 8.48. The first-order valence-electron chi connectivity index (χ1n) is 10.3. The molecule has 1 aromatic heterocycles. The monoisotopic (exact) mass is 447 g/mol. The van der Waals surface area contributed by atoms with Gasteiger partial charge in [-0.2, -0.15) is 0 Å². The van der Waals surface area contributed by atoms with Gasteiger partial charge in [0.2, 0.25) is 16.4 Å². The van der Waals surface area contributed by atoms with Crippen LogP contribution in [0, 0.1) is 13.8 Å². The Morgan fingerprint density at radius 3 is 2.61 bits per heavy atom. The molecule has 168 valence electrons. The van der Waals surface area contributed by atoms with E-state index in [1.807, 2.05) is 6.07 Å². The molecule has 1 aliphatic heterocycles. The number of carbonyl (C=O) groups is 1. The molecule has 0 saturated carbocycles. The van der Waals surface area contributed by atoms with Gasteiger partial charge < -0.3 is 4.74 Å². The maximum atomic E-state index is 13.0. The molecule has 2 heterocycles. The van der Waals surface area contributed by atoms with E-state index in [4.69, 9.17) is 4.74 Å². The molecule has 0 bridgehead atoms. The zero-order valence-electron chi connectivity index (χ0n) is 17.8. The summed E-state index contributed by atoms with van der Waals surface area (Å²) in [7, 11) is -3.70. The van der Waals surface area contributed by atoms with Crippen LogP contribution in [0.3, 0.4) is 0 Å². The van der Waals surface area contributed by atoms with Gasteiger partial charge in [-0.05, 0) is 55.0 Å². The number of amides is 1. The lowest BCUT2D eigenvalue weighted by Crippen LogP contribution is -2.44. The third-order valence-electron chi connectivity index (χ3n) is 5.72. The summed E-state index contributed by atoms with van der Waals surface area (Å²) < 4.78 is 33.3. The second kappa shape index (κ2) is 10.3. The summed E-state index contributed by atoms with van der Waals surface area (Å²) in [5, 5.41) is 10.3. The Balaban J connectivity index is 1.57. The second-order valence-corrected chi connectivity index (χ2v) is 9.91. The van der Waals surface area contributed by atoms with E-state index >= 15 is 0 Å². The maximum Gasteiger partial charge on any atom is 0.233 e. The van der Waals surface area contributed by atoms with Crippen LogP contribution in [0.5, 0.6) is 0 Å². The molecule has 0 spiro atoms. The van der Waals surface area contributed by atoms with Gasteiger partial charge in [-0.15, -0.1) is 0 Å². The Labute approximate surface area is 183 Å². The van der Waals surface area contributed by atoms with Crippen LogP contribution in [-0.4, -0.2) is 59.3 Å². The van der Waals surface area contributed by atoms with Crippen LogP contribution < -0.4 is 0 Å². The number of aryl methyl sites for hydroxylation is 2. The summed E-state index contributed by atoms with van der Waals surface area (Å²) in [5.41, 5.74) is 4.02. The van der Waals surface area contributed by atoms with Crippen molar-refractivity contribution in [2.24, 2.45) is 0 Å². The van der Waals surface area contributed by atoms with Gasteiger partial charge in [-0.25, -0.2) is 17.8 Å². The number of sulfonamides is 1. The second-order valence-electron chi connectivity index (χ2n) is 7.89. The first-order chi connectivity index (χ1) is 14.8. The number of rotatable bonds is 9. The number of ether oxygens (including phenoxy) is 1. The van der Waals surface area contributed by atoms with E-state index in [0.717, 1.165) is 5.56 Å². The van der Waals surface area contributed by atoms with E-state index in [-0.39, 0.29) is 12.5 Å². The SMILES string of the molecule is Cc1ccc(COC2CCN(S(=O)(=O)CC(c3cccnc3)N(O)C=O)CC2)cc1C. The van der Waals surface area contributed by atoms with Crippen molar-refractivity contribution < 1.29 is 23.2 Å². The molecule has 1 fully saturated rings. The zero-order valence-corrected chi connectivity index (χ0v) is 18.7. The minimum atomic E-state index is -3.70. The predicted octanol–water partition coefficient (Wildman–Crippen LogP) is 2.60. The van der Waals surface area contributed by atoms with Crippen LogP contribution in [0.15, 0.2) is 42.7 Å². The molecule has 1 saturated heterocycles. The summed E-state index contributed by atoms with van der Waals surface area (Å²) in [5.74, 6) is -0.415. The summed E-state index contributed by atoms with van der Waals surface area (Å²) in [6.07, 6.45) is 4.38. The molecule has 0 aliphatic carbocycles. The number of hydrogen-bond donors (Lipinski definition) is 1. The van der Waals surface area contributed by atoms with Crippen molar-refractivity contribution in [1.82, 2.24) is 14.4 Å². The predicted molar refractivity (Wildman–Crippen MR) is 116 cm³/mol. The highest BCUT2D eigenvalue weighted by atomic mass is 32.2. The molecule has 3 rings (SSSR count). The lowest BCUT2D eigenvalue weighted by Gasteiger charge is -2.33. The topological polar surface area (TPSA) is 100 Å². The Morgan fingerprint density at radius 1 is 1.26 bits per heavy atom. The number of piperidine rings is 1. The quantitative estimate of drug-likeness (QED) is 0.360. The van der Waals surface area contributed by atoms with E-state index < -0.39 is 21.8 Å². The number of nitrogens with zero attached hydrogens (tertiary/aromatic N) is 3. The third kappa shape index (κ3) is 6.10. The highest BCUT2D eigenvalue weighted by Gasteiger charge is 2.33. The minimum absolute atomic E-state index is 0.00788. The smallest absolute Gasteiger partial charge is 0.233 e. The molecule has 1 aliphatic rings. The summed E-state index contributed by atoms with van der Waals surface area (Å²) in [4.78, 5) is 15.0. The van der Waals surface area contributed by atoms with Gasteiger partial charge in [-0.1, -0.05) is 24.3 Å². The molecule has 1 amide bonds. The van der Waals surface area contributed by atoms with Crippen LogP contribution in [0.1, 0.15) is 41.1 Å². The number of benzene rings is 1. The summed E-state index contributed by atoms with van der Waals surface area (Å²) >= 11 is 0. The zero-order chi connectivity index (χ0) is 22.4. The van der Waals surface area contributed by atoms with Crippen molar-refractivity contribution in [3.05, 3.63) is 65.0 Å². The number of hydrogen-bond acceptors (Lipinski definition) is 6. The fourth-order valence-corrected chi connectivity index (χ4v) is 5.38. The first kappa shape index (κ1) is 23.3. The highest BCUT2D eigenvalue weighted by Crippen LogP contribution is 2.24. The molecule has 31 heavy (non-hydrogen) atoms. The molecule has 0 radical (unpaired) electrons. The van der Waals surface area contributed by atoms with Gasteiger partial charge in [0.15, 0.2) is 0 Å². The third-order valence-corrected chi connectivity index (χ3v) is 7.61. The highest BCUT2D eigenvalue weighted by molar-refractivity contribution is 7.89. The lowest BCUT2D eigenvalue weighted by atomic mass is 10.1. The van der Waals surface area contributed by atoms with E-state index in [1.54, 1.807) is 18.3 Å². The van der Waals surface area contributed by atoms with Crippen molar-refractivity contribution in [2.75, 3.05) is 18.8 Å². The molecule has 8 nitrogen and oxygen atoms in total. The van der Waals surface area contributed by atoms with Crippen LogP contribution in [0.2, 0.25) is 0 Å². The molecule has 1 unspecified atom stereocenters. The number of pyridine rings is 1. The molecule has 1 atom stereocenters. The molecule has 1 N–H and O–H groups in total. The minimum Gasteiger partial charge on any atom is -0.373 e. The van der Waals surface area contributed by atoms with E-state index in [1.165, 1.54) is 21.6 Å². The normalized spacial score (nSPS) is 16.7. The Hall–Kier alpha value is -2.33. The number of aromatic nitrogens is 1. The number of carbonyl (C=O) groups excluding carboxylic acids is 1. The number of hydroxylamine groups is 2. The molecular weight excluding hydrogens is 418 g/mol. The average molecular weight is 448 g/mol. The van der Waals surface area contributed by atoms with E-state index in [9.17, 15) is 18.4 Å². The van der Waals surface area contributed by atoms with Crippen molar-refractivity contribution in [3.8, 4) is 0 Å². The van der Waals surface area contributed by atoms with Gasteiger partial charge in [0.05, 0.1) is 18.5 Å². The molecular formula is C22H29N3O5S. The van der Waals surface area contributed by atoms with Gasteiger partial charge in [0.25, 0.3) is 0 Å². The molecule has 9 heteroatoms. The molecule has 1 aromatic carbocycles. The Morgan fingerprint density at radius 2 is 2.00 bits per heavy atom. The fraction of sp³-hybridized carbons (Fsp3) is 0.455. The van der Waals surface area contributed by atoms with E-state index in [0.29, 0.717) is 43.2 Å². The van der Waals surface area contributed by atoms with Gasteiger partial charge in [0, 0.05) is 25.5 Å². The Bertz CT molecular complexity index is 976. The molecule has 2 aromatic rings. The van der Waals surface area contributed by atoms with Crippen molar-refractivity contribution in [2.45, 2.75) is 45.4 Å². The largest absolute Gasteiger partial charge is 0.373 e. The lowest BCUT2D eigenvalue weighted by molar-refractivity contribution is -0.159. The van der Waals surface area contributed by atoms with Gasteiger partial charge in [0.1, 0.15) is 6.04 Å². The van der Waals surface area contributed by atoms with Crippen molar-refractivity contribution in [3.63, 3.8) is 0 Å². The van der Waals surface area contributed by atoms with Crippen LogP contribution in [0.25, 0.3) is 0 Å². The summed E-state index contributed by atoms with van der Waals surface area (Å²) in [6.45, 7) is 5.32. The first-order valence-corrected chi connectivity index (χ1v) is 11.9. The van der Waals surface area contributed by atoms with Crippen molar-refractivity contribution >= 4 is 16.4 Å². The fourth-order valence-electron chi connectivity index (χ4n) is 3.66.